The zero-order chi connectivity index (χ0) is 28.1. The number of carbonyl (C=O) groups is 2. The molecule has 2 amide bonds. The molecule has 4 heterocycles. The number of nitrogens with two attached hydrogens (primary N) is 1. The zero-order valence-electron chi connectivity index (χ0n) is 20.3. The predicted octanol–water partition coefficient (Wildman–Crippen LogP) is 2.66. The highest BCUT2D eigenvalue weighted by molar-refractivity contribution is 5.96. The van der Waals surface area contributed by atoms with Gasteiger partial charge in [0.25, 0.3) is 11.8 Å². The van der Waals surface area contributed by atoms with Gasteiger partial charge in [-0.1, -0.05) is 12.1 Å². The number of hydrogen-bond donors (Lipinski definition) is 2. The number of nitrogens with zero attached hydrogens (tertiary/aromatic N) is 5. The van der Waals surface area contributed by atoms with Crippen molar-refractivity contribution in [3.63, 3.8) is 0 Å². The number of anilines is 1. The van der Waals surface area contributed by atoms with E-state index in [1.807, 2.05) is 0 Å². The van der Waals surface area contributed by atoms with Crippen molar-refractivity contribution in [3.8, 4) is 11.3 Å². The molecule has 39 heavy (non-hydrogen) atoms. The normalized spacial score (nSPS) is 21.2. The van der Waals surface area contributed by atoms with Gasteiger partial charge in [-0.25, -0.2) is 22.7 Å². The monoisotopic (exact) mass is 555 g/mol. The van der Waals surface area contributed by atoms with E-state index in [-0.39, 0.29) is 37.6 Å². The summed E-state index contributed by atoms with van der Waals surface area (Å²) in [5.41, 5.74) is 8.25. The minimum absolute atomic E-state index is 0.126. The van der Waals surface area contributed by atoms with E-state index in [2.05, 4.69) is 15.4 Å². The predicted molar refractivity (Wildman–Crippen MR) is 126 cm³/mol. The molecule has 0 spiro atoms. The van der Waals surface area contributed by atoms with Gasteiger partial charge in [0.15, 0.2) is 5.82 Å². The molecule has 5 rings (SSSR count). The number of halogens is 6. The highest BCUT2D eigenvalue weighted by Crippen LogP contribution is 2.33. The molecule has 0 radical (unpaired) electrons. The van der Waals surface area contributed by atoms with Crippen LogP contribution in [-0.2, 0) is 11.3 Å². The Labute approximate surface area is 217 Å². The van der Waals surface area contributed by atoms with Crippen LogP contribution < -0.4 is 11.1 Å². The highest BCUT2D eigenvalue weighted by atomic mass is 19.4. The lowest BCUT2D eigenvalue weighted by Gasteiger charge is -2.38. The van der Waals surface area contributed by atoms with E-state index < -0.39 is 49.1 Å². The number of hydrogen-bond acceptors (Lipinski definition) is 6. The topological polar surface area (TPSA) is 109 Å². The van der Waals surface area contributed by atoms with Crippen molar-refractivity contribution in [2.45, 2.75) is 37.3 Å². The van der Waals surface area contributed by atoms with Crippen molar-refractivity contribution in [1.82, 2.24) is 29.7 Å². The molecule has 0 saturated carbocycles. The fourth-order valence-electron chi connectivity index (χ4n) is 4.89. The maximum Gasteiger partial charge on any atom is 0.397 e. The molecule has 0 aliphatic carbocycles. The Morgan fingerprint density at radius 2 is 1.90 bits per heavy atom. The number of carbonyl (C=O) groups excluding carboxylic acids is 2. The molecule has 2 aliphatic rings. The lowest BCUT2D eigenvalue weighted by molar-refractivity contribution is -0.160. The van der Waals surface area contributed by atoms with Gasteiger partial charge in [-0.2, -0.15) is 18.3 Å². The molecular weight excluding hydrogens is 532 g/mol. The number of nitrogen functional groups attached to an aromatic ring is 1. The van der Waals surface area contributed by atoms with Gasteiger partial charge >= 0.3 is 6.18 Å². The number of alkyl halides is 6. The summed E-state index contributed by atoms with van der Waals surface area (Å²) < 4.78 is 80.3. The number of aromatic nitrogens is 3. The summed E-state index contributed by atoms with van der Waals surface area (Å²) >= 11 is 0. The number of amides is 2. The standard InChI is InChI=1S/C24H23F6N7O2/c25-16-8-36(19(38)6-24(28,29)30)9-17(16)34-22(39)14-3-1-2-13(4-14)18-5-15(7-35-10-23(26,27)11-35)20-21(31)32-12-33-37(18)20/h1-5,12,16-17H,6-11H2,(H,34,39)(H2,31,32,33)/t16-,17+/m0/s1. The second kappa shape index (κ2) is 9.70. The lowest BCUT2D eigenvalue weighted by atomic mass is 10.1. The Bertz CT molecular complexity index is 1420. The van der Waals surface area contributed by atoms with Crippen molar-refractivity contribution < 1.29 is 35.9 Å². The third-order valence-electron chi connectivity index (χ3n) is 6.66. The molecule has 2 aliphatic heterocycles. The summed E-state index contributed by atoms with van der Waals surface area (Å²) in [7, 11) is 0. The lowest BCUT2D eigenvalue weighted by Crippen LogP contribution is -2.55. The molecule has 3 aromatic rings. The molecule has 2 atom stereocenters. The van der Waals surface area contributed by atoms with Crippen LogP contribution in [0.2, 0.25) is 0 Å². The average Bonchev–Trinajstić information content (AvgIpc) is 3.38. The van der Waals surface area contributed by atoms with Gasteiger partial charge in [0.05, 0.1) is 31.4 Å². The Balaban J connectivity index is 1.35. The van der Waals surface area contributed by atoms with Gasteiger partial charge in [0.2, 0.25) is 5.91 Å². The largest absolute Gasteiger partial charge is 0.397 e. The first-order chi connectivity index (χ1) is 18.3. The Hall–Kier alpha value is -3.88. The van der Waals surface area contributed by atoms with Crippen LogP contribution in [0.15, 0.2) is 36.7 Å². The van der Waals surface area contributed by atoms with Crippen LogP contribution in [0, 0.1) is 0 Å². The van der Waals surface area contributed by atoms with E-state index in [0.717, 1.165) is 4.90 Å². The summed E-state index contributed by atoms with van der Waals surface area (Å²) in [4.78, 5) is 31.0. The first-order valence-electron chi connectivity index (χ1n) is 11.9. The Morgan fingerprint density at radius 3 is 2.59 bits per heavy atom. The van der Waals surface area contributed by atoms with Crippen LogP contribution in [0.25, 0.3) is 16.8 Å². The Morgan fingerprint density at radius 1 is 1.15 bits per heavy atom. The molecule has 208 valence electrons. The maximum absolute atomic E-state index is 14.5. The van der Waals surface area contributed by atoms with E-state index in [1.165, 1.54) is 23.0 Å². The second-order valence-electron chi connectivity index (χ2n) is 9.73. The number of nitrogens with one attached hydrogen (secondary N) is 1. The highest BCUT2D eigenvalue weighted by Gasteiger charge is 2.44. The molecular formula is C24H23F6N7O2. The number of fused-ring (bicyclic) bond motifs is 1. The molecule has 1 aromatic carbocycles. The van der Waals surface area contributed by atoms with Gasteiger partial charge in [0.1, 0.15) is 24.4 Å². The third kappa shape index (κ3) is 5.62. The van der Waals surface area contributed by atoms with Crippen molar-refractivity contribution in [2.75, 3.05) is 31.9 Å². The van der Waals surface area contributed by atoms with Gasteiger partial charge < -0.3 is 16.0 Å². The molecule has 9 nitrogen and oxygen atoms in total. The van der Waals surface area contributed by atoms with Gasteiger partial charge in [-0.05, 0) is 23.8 Å². The molecule has 15 heteroatoms. The van der Waals surface area contributed by atoms with E-state index >= 15 is 0 Å². The third-order valence-corrected chi connectivity index (χ3v) is 6.66. The summed E-state index contributed by atoms with van der Waals surface area (Å²) in [5, 5.41) is 6.68. The van der Waals surface area contributed by atoms with E-state index in [9.17, 15) is 35.9 Å². The number of benzene rings is 1. The van der Waals surface area contributed by atoms with Crippen molar-refractivity contribution in [3.05, 3.63) is 47.8 Å². The summed E-state index contributed by atoms with van der Waals surface area (Å²) in [6.07, 6.45) is -6.93. The van der Waals surface area contributed by atoms with Crippen LogP contribution in [0.5, 0.6) is 0 Å². The molecule has 0 unspecified atom stereocenters. The minimum atomic E-state index is -4.72. The van der Waals surface area contributed by atoms with Crippen LogP contribution in [0.1, 0.15) is 22.3 Å². The molecule has 2 fully saturated rings. The molecule has 3 N–H and O–H groups in total. The van der Waals surface area contributed by atoms with Crippen molar-refractivity contribution >= 4 is 23.1 Å². The quantitative estimate of drug-likeness (QED) is 0.453. The second-order valence-corrected chi connectivity index (χ2v) is 9.73. The van der Waals surface area contributed by atoms with Crippen LogP contribution >= 0.6 is 0 Å². The SMILES string of the molecule is Nc1ncnn2c(-c3cccc(C(=O)N[C@@H]4CN(C(=O)CC(F)(F)F)C[C@@H]4F)c3)cc(CN3CC(F)(F)C3)c12. The van der Waals surface area contributed by atoms with Gasteiger partial charge in [0, 0.05) is 24.2 Å². The first kappa shape index (κ1) is 26.7. The van der Waals surface area contributed by atoms with Crippen LogP contribution in [0.4, 0.5) is 32.2 Å². The zero-order valence-corrected chi connectivity index (χ0v) is 20.3. The number of rotatable bonds is 6. The summed E-state index contributed by atoms with van der Waals surface area (Å²) in [6.45, 7) is -1.54. The van der Waals surface area contributed by atoms with Gasteiger partial charge in [-0.15, -0.1) is 0 Å². The summed E-state index contributed by atoms with van der Waals surface area (Å²) in [6, 6.07) is 6.77. The van der Waals surface area contributed by atoms with Crippen LogP contribution in [0.3, 0.4) is 0 Å². The van der Waals surface area contributed by atoms with E-state index in [1.54, 1.807) is 23.1 Å². The van der Waals surface area contributed by atoms with Crippen molar-refractivity contribution in [2.24, 2.45) is 0 Å². The maximum atomic E-state index is 14.5. The van der Waals surface area contributed by atoms with Gasteiger partial charge in [-0.3, -0.25) is 14.5 Å². The van der Waals surface area contributed by atoms with E-state index in [0.29, 0.717) is 22.3 Å². The fraction of sp³-hybridized carbons (Fsp3) is 0.417. The fourth-order valence-corrected chi connectivity index (χ4v) is 4.89. The molecule has 0 bridgehead atoms. The number of likely N-dealkylation sites (tertiary alicyclic amines) is 2. The average molecular weight is 555 g/mol. The minimum Gasteiger partial charge on any atom is -0.382 e. The smallest absolute Gasteiger partial charge is 0.382 e. The first-order valence-corrected chi connectivity index (χ1v) is 11.9. The van der Waals surface area contributed by atoms with E-state index in [4.69, 9.17) is 5.73 Å². The molecule has 2 aromatic heterocycles. The van der Waals surface area contributed by atoms with Crippen LogP contribution in [-0.4, -0.2) is 86.7 Å². The molecule has 2 saturated heterocycles. The van der Waals surface area contributed by atoms with Crippen molar-refractivity contribution in [1.29, 1.82) is 0 Å². The Kier molecular flexibility index (Phi) is 6.64. The summed E-state index contributed by atoms with van der Waals surface area (Å²) in [5.74, 6) is -4.55.